The molecule has 0 radical (unpaired) electrons. The quantitative estimate of drug-likeness (QED) is 0.794. The van der Waals surface area contributed by atoms with E-state index in [2.05, 4.69) is 28.7 Å². The van der Waals surface area contributed by atoms with Crippen molar-refractivity contribution in [2.45, 2.75) is 6.42 Å². The highest BCUT2D eigenvalue weighted by Crippen LogP contribution is 2.20. The van der Waals surface area contributed by atoms with Crippen molar-refractivity contribution in [1.29, 1.82) is 0 Å². The Morgan fingerprint density at radius 3 is 2.76 bits per heavy atom. The van der Waals surface area contributed by atoms with Gasteiger partial charge in [0.2, 0.25) is 0 Å². The fourth-order valence-corrected chi connectivity index (χ4v) is 1.99. The van der Waals surface area contributed by atoms with Gasteiger partial charge in [-0.15, -0.1) is 0 Å². The van der Waals surface area contributed by atoms with E-state index in [9.17, 15) is 0 Å². The molecular weight excluding hydrogens is 232 g/mol. The predicted molar refractivity (Wildman–Crippen MR) is 73.4 cm³/mol. The van der Waals surface area contributed by atoms with Gasteiger partial charge in [-0.1, -0.05) is 0 Å². The summed E-state index contributed by atoms with van der Waals surface area (Å²) in [5.41, 5.74) is 2.20. The van der Waals surface area contributed by atoms with Gasteiger partial charge in [-0.3, -0.25) is 0 Å². The van der Waals surface area contributed by atoms with Crippen LogP contribution in [0.1, 0.15) is 6.42 Å². The van der Waals surface area contributed by atoms with Gasteiger partial charge in [0.25, 0.3) is 0 Å². The van der Waals surface area contributed by atoms with Gasteiger partial charge in [-0.2, -0.15) is 11.8 Å². The number of oxazole rings is 1. The lowest BCUT2D eigenvalue weighted by Crippen LogP contribution is -2.02. The van der Waals surface area contributed by atoms with Crippen molar-refractivity contribution >= 4 is 17.4 Å². The molecule has 0 amide bonds. The first-order valence-electron chi connectivity index (χ1n) is 5.62. The third kappa shape index (κ3) is 3.53. The fourth-order valence-electron chi connectivity index (χ4n) is 1.56. The highest BCUT2D eigenvalue weighted by molar-refractivity contribution is 7.98. The molecule has 4 heteroatoms. The number of nitrogens with zero attached hydrogens (tertiary/aromatic N) is 1. The van der Waals surface area contributed by atoms with Crippen LogP contribution in [0, 0.1) is 0 Å². The number of thioether (sulfide) groups is 1. The predicted octanol–water partition coefficient (Wildman–Crippen LogP) is 3.51. The molecule has 1 aromatic heterocycles. The third-order valence-electron chi connectivity index (χ3n) is 2.46. The molecule has 1 aromatic carbocycles. The molecule has 2 aromatic rings. The molecule has 1 N–H and O–H groups in total. The lowest BCUT2D eigenvalue weighted by Gasteiger charge is -2.06. The topological polar surface area (TPSA) is 38.1 Å². The lowest BCUT2D eigenvalue weighted by molar-refractivity contribution is 0.572. The summed E-state index contributed by atoms with van der Waals surface area (Å²) in [5, 5.41) is 3.39. The molecule has 0 aliphatic heterocycles. The van der Waals surface area contributed by atoms with Gasteiger partial charge in [0, 0.05) is 17.8 Å². The summed E-state index contributed by atoms with van der Waals surface area (Å²) < 4.78 is 5.24. The summed E-state index contributed by atoms with van der Waals surface area (Å²) in [7, 11) is 0. The van der Waals surface area contributed by atoms with Crippen molar-refractivity contribution in [3.05, 3.63) is 36.9 Å². The van der Waals surface area contributed by atoms with Crippen LogP contribution in [0.3, 0.4) is 0 Å². The molecule has 0 spiro atoms. The van der Waals surface area contributed by atoms with Gasteiger partial charge >= 0.3 is 0 Å². The van der Waals surface area contributed by atoms with E-state index in [1.807, 2.05) is 23.9 Å². The molecule has 2 rings (SSSR count). The fraction of sp³-hybridized carbons (Fsp3) is 0.308. The van der Waals surface area contributed by atoms with E-state index >= 15 is 0 Å². The zero-order chi connectivity index (χ0) is 11.9. The van der Waals surface area contributed by atoms with E-state index in [1.165, 1.54) is 18.6 Å². The number of hydrogen-bond acceptors (Lipinski definition) is 4. The maximum Gasteiger partial charge on any atom is 0.181 e. The van der Waals surface area contributed by atoms with Crippen LogP contribution in [-0.4, -0.2) is 23.5 Å². The van der Waals surface area contributed by atoms with Gasteiger partial charge in [0.05, 0.1) is 6.20 Å². The molecule has 0 aliphatic carbocycles. The zero-order valence-electron chi connectivity index (χ0n) is 9.85. The summed E-state index contributed by atoms with van der Waals surface area (Å²) in [6.07, 6.45) is 6.49. The molecule has 17 heavy (non-hydrogen) atoms. The Morgan fingerprint density at radius 2 is 2.12 bits per heavy atom. The van der Waals surface area contributed by atoms with Crippen molar-refractivity contribution in [3.8, 4) is 11.3 Å². The largest absolute Gasteiger partial charge is 0.444 e. The number of nitrogens with one attached hydrogen (secondary N) is 1. The average molecular weight is 248 g/mol. The Kier molecular flexibility index (Phi) is 4.50. The van der Waals surface area contributed by atoms with E-state index < -0.39 is 0 Å². The number of hydrogen-bond donors (Lipinski definition) is 1. The summed E-state index contributed by atoms with van der Waals surface area (Å²) in [4.78, 5) is 3.91. The maximum absolute atomic E-state index is 5.24. The van der Waals surface area contributed by atoms with Crippen molar-refractivity contribution in [3.63, 3.8) is 0 Å². The SMILES string of the molecule is CSCCCNc1ccc(-c2cnco2)cc1. The molecule has 0 saturated carbocycles. The minimum atomic E-state index is 0.805. The minimum absolute atomic E-state index is 0.805. The summed E-state index contributed by atoms with van der Waals surface area (Å²) >= 11 is 1.88. The van der Waals surface area contributed by atoms with E-state index in [-0.39, 0.29) is 0 Å². The first-order chi connectivity index (χ1) is 8.40. The maximum atomic E-state index is 5.24. The number of rotatable bonds is 6. The number of benzene rings is 1. The zero-order valence-corrected chi connectivity index (χ0v) is 10.7. The van der Waals surface area contributed by atoms with Crippen molar-refractivity contribution in [2.24, 2.45) is 0 Å². The van der Waals surface area contributed by atoms with Crippen LogP contribution >= 0.6 is 11.8 Å². The van der Waals surface area contributed by atoms with Crippen LogP contribution in [0.2, 0.25) is 0 Å². The molecule has 0 saturated heterocycles. The minimum Gasteiger partial charge on any atom is -0.444 e. The molecule has 0 unspecified atom stereocenters. The molecule has 0 fully saturated rings. The second-order valence-electron chi connectivity index (χ2n) is 3.72. The first-order valence-corrected chi connectivity index (χ1v) is 7.01. The Balaban J connectivity index is 1.90. The average Bonchev–Trinajstić information content (AvgIpc) is 2.89. The van der Waals surface area contributed by atoms with Crippen LogP contribution in [0.25, 0.3) is 11.3 Å². The monoisotopic (exact) mass is 248 g/mol. The molecule has 0 bridgehead atoms. The van der Waals surface area contributed by atoms with Gasteiger partial charge in [0.15, 0.2) is 12.2 Å². The van der Waals surface area contributed by atoms with Gasteiger partial charge in [-0.05, 0) is 42.7 Å². The summed E-state index contributed by atoms with van der Waals surface area (Å²) in [5.74, 6) is 2.00. The van der Waals surface area contributed by atoms with Gasteiger partial charge < -0.3 is 9.73 Å². The molecule has 90 valence electrons. The van der Waals surface area contributed by atoms with Crippen molar-refractivity contribution < 1.29 is 4.42 Å². The van der Waals surface area contributed by atoms with Crippen LogP contribution < -0.4 is 5.32 Å². The van der Waals surface area contributed by atoms with Crippen LogP contribution in [-0.2, 0) is 0 Å². The Labute approximate surface area is 106 Å². The molecule has 0 aliphatic rings. The van der Waals surface area contributed by atoms with Crippen molar-refractivity contribution in [2.75, 3.05) is 23.9 Å². The van der Waals surface area contributed by atoms with Gasteiger partial charge in [-0.25, -0.2) is 4.98 Å². The molecular formula is C13H16N2OS. The summed E-state index contributed by atoms with van der Waals surface area (Å²) in [6, 6.07) is 8.21. The summed E-state index contributed by atoms with van der Waals surface area (Å²) in [6.45, 7) is 1.02. The highest BCUT2D eigenvalue weighted by Gasteiger charge is 2.00. The standard InChI is InChI=1S/C13H16N2OS/c1-17-8-2-7-15-12-5-3-11(4-6-12)13-9-14-10-16-13/h3-6,9-10,15H,2,7-8H2,1H3. The van der Waals surface area contributed by atoms with Crippen LogP contribution in [0.4, 0.5) is 5.69 Å². The smallest absolute Gasteiger partial charge is 0.181 e. The highest BCUT2D eigenvalue weighted by atomic mass is 32.2. The van der Waals surface area contributed by atoms with Crippen molar-refractivity contribution in [1.82, 2.24) is 4.98 Å². The first kappa shape index (κ1) is 12.0. The Morgan fingerprint density at radius 1 is 1.29 bits per heavy atom. The molecule has 1 heterocycles. The molecule has 3 nitrogen and oxygen atoms in total. The Bertz CT molecular complexity index is 425. The van der Waals surface area contributed by atoms with Crippen LogP contribution in [0.5, 0.6) is 0 Å². The second kappa shape index (κ2) is 6.35. The lowest BCUT2D eigenvalue weighted by atomic mass is 10.1. The van der Waals surface area contributed by atoms with E-state index in [0.29, 0.717) is 0 Å². The van der Waals surface area contributed by atoms with Gasteiger partial charge in [0.1, 0.15) is 0 Å². The molecule has 0 atom stereocenters. The normalized spacial score (nSPS) is 10.4. The van der Waals surface area contributed by atoms with Crippen LogP contribution in [0.15, 0.2) is 41.3 Å². The second-order valence-corrected chi connectivity index (χ2v) is 4.70. The van der Waals surface area contributed by atoms with E-state index in [0.717, 1.165) is 23.6 Å². The number of aromatic nitrogens is 1. The number of anilines is 1. The van der Waals surface area contributed by atoms with E-state index in [1.54, 1.807) is 6.20 Å². The van der Waals surface area contributed by atoms with E-state index in [4.69, 9.17) is 4.42 Å². The Hall–Kier alpha value is -1.42. The third-order valence-corrected chi connectivity index (χ3v) is 3.15.